The Kier molecular flexibility index (Phi) is 3.59. The molecule has 0 spiro atoms. The van der Waals surface area contributed by atoms with Gasteiger partial charge in [0.2, 0.25) is 5.91 Å². The Bertz CT molecular complexity index is 228. The highest BCUT2D eigenvalue weighted by Crippen LogP contribution is 2.29. The quantitative estimate of drug-likeness (QED) is 0.670. The molecule has 0 aromatic carbocycles. The van der Waals surface area contributed by atoms with E-state index in [4.69, 9.17) is 0 Å². The number of nitrogens with zero attached hydrogens (tertiary/aromatic N) is 1. The molecule has 2 aliphatic rings. The highest BCUT2D eigenvalue weighted by atomic mass is 16.2. The molecule has 1 aliphatic carbocycles. The summed E-state index contributed by atoms with van der Waals surface area (Å²) in [7, 11) is 0. The van der Waals surface area contributed by atoms with Crippen molar-refractivity contribution in [1.29, 1.82) is 0 Å². The first-order valence-electron chi connectivity index (χ1n) is 6.03. The molecular weight excluding hydrogens is 190 g/mol. The van der Waals surface area contributed by atoms with Crippen molar-refractivity contribution < 1.29 is 4.79 Å². The van der Waals surface area contributed by atoms with E-state index in [0.29, 0.717) is 12.6 Å². The van der Waals surface area contributed by atoms with Crippen molar-refractivity contribution in [3.05, 3.63) is 0 Å². The van der Waals surface area contributed by atoms with Gasteiger partial charge in [0.25, 0.3) is 0 Å². The van der Waals surface area contributed by atoms with Gasteiger partial charge in [-0.15, -0.1) is 0 Å². The summed E-state index contributed by atoms with van der Waals surface area (Å²) < 4.78 is 0. The number of nitrogens with one attached hydrogen (secondary N) is 2. The Morgan fingerprint density at radius 2 is 2.20 bits per heavy atom. The molecule has 2 N–H and O–H groups in total. The average molecular weight is 211 g/mol. The SMILES string of the molecule is CCNCC(=O)NC1CCN(C2CC2)C1. The van der Waals surface area contributed by atoms with Gasteiger partial charge in [-0.05, 0) is 25.8 Å². The number of likely N-dealkylation sites (N-methyl/N-ethyl adjacent to an activating group) is 1. The first kappa shape index (κ1) is 10.9. The molecule has 1 amide bonds. The fourth-order valence-electron chi connectivity index (χ4n) is 2.19. The monoisotopic (exact) mass is 211 g/mol. The van der Waals surface area contributed by atoms with E-state index in [0.717, 1.165) is 32.1 Å². The van der Waals surface area contributed by atoms with Crippen molar-refractivity contribution in [2.24, 2.45) is 0 Å². The van der Waals surface area contributed by atoms with Crippen LogP contribution in [0.5, 0.6) is 0 Å². The number of hydrogen-bond donors (Lipinski definition) is 2. The Morgan fingerprint density at radius 1 is 1.40 bits per heavy atom. The molecule has 0 radical (unpaired) electrons. The Morgan fingerprint density at radius 3 is 2.87 bits per heavy atom. The molecule has 86 valence electrons. The molecule has 1 saturated carbocycles. The van der Waals surface area contributed by atoms with Gasteiger partial charge < -0.3 is 10.6 Å². The van der Waals surface area contributed by atoms with Crippen LogP contribution >= 0.6 is 0 Å². The minimum absolute atomic E-state index is 0.138. The van der Waals surface area contributed by atoms with Crippen LogP contribution in [0.25, 0.3) is 0 Å². The molecule has 1 atom stereocenters. The molecule has 1 aliphatic heterocycles. The Balaban J connectivity index is 1.65. The van der Waals surface area contributed by atoms with Crippen molar-refractivity contribution in [3.8, 4) is 0 Å². The molecule has 1 saturated heterocycles. The van der Waals surface area contributed by atoms with E-state index in [2.05, 4.69) is 15.5 Å². The van der Waals surface area contributed by atoms with Crippen LogP contribution in [-0.4, -0.2) is 49.1 Å². The average Bonchev–Trinajstić information content (AvgIpc) is 2.98. The first-order valence-corrected chi connectivity index (χ1v) is 6.03. The zero-order valence-electron chi connectivity index (χ0n) is 9.46. The Labute approximate surface area is 91.4 Å². The standard InChI is InChI=1S/C11H21N3O/c1-2-12-7-11(15)13-9-5-6-14(8-9)10-3-4-10/h9-10,12H,2-8H2,1H3,(H,13,15). The first-order chi connectivity index (χ1) is 7.29. The highest BCUT2D eigenvalue weighted by Gasteiger charge is 2.34. The van der Waals surface area contributed by atoms with E-state index in [-0.39, 0.29) is 5.91 Å². The van der Waals surface area contributed by atoms with Gasteiger partial charge >= 0.3 is 0 Å². The fraction of sp³-hybridized carbons (Fsp3) is 0.909. The number of rotatable bonds is 5. The minimum Gasteiger partial charge on any atom is -0.351 e. The number of hydrogen-bond acceptors (Lipinski definition) is 3. The van der Waals surface area contributed by atoms with E-state index in [1.807, 2.05) is 6.92 Å². The Hall–Kier alpha value is -0.610. The predicted octanol–water partition coefficient (Wildman–Crippen LogP) is -0.0512. The van der Waals surface area contributed by atoms with Crippen LogP contribution in [0.4, 0.5) is 0 Å². The molecule has 0 aromatic rings. The van der Waals surface area contributed by atoms with Gasteiger partial charge in [-0.25, -0.2) is 0 Å². The molecule has 1 unspecified atom stereocenters. The predicted molar refractivity (Wildman–Crippen MR) is 59.7 cm³/mol. The summed E-state index contributed by atoms with van der Waals surface area (Å²) in [5.74, 6) is 0.138. The van der Waals surface area contributed by atoms with E-state index in [1.54, 1.807) is 0 Å². The normalized spacial score (nSPS) is 26.9. The maximum Gasteiger partial charge on any atom is 0.234 e. The van der Waals surface area contributed by atoms with Crippen LogP contribution in [0.15, 0.2) is 0 Å². The molecule has 4 heteroatoms. The van der Waals surface area contributed by atoms with Crippen LogP contribution in [-0.2, 0) is 4.79 Å². The molecule has 0 aromatic heterocycles. The summed E-state index contributed by atoms with van der Waals surface area (Å²) in [5.41, 5.74) is 0. The zero-order valence-corrected chi connectivity index (χ0v) is 9.46. The van der Waals surface area contributed by atoms with Crippen LogP contribution in [0.3, 0.4) is 0 Å². The van der Waals surface area contributed by atoms with E-state index in [9.17, 15) is 4.79 Å². The van der Waals surface area contributed by atoms with E-state index in [1.165, 1.54) is 12.8 Å². The summed E-state index contributed by atoms with van der Waals surface area (Å²) in [6.45, 7) is 5.54. The van der Waals surface area contributed by atoms with Crippen LogP contribution in [0.1, 0.15) is 26.2 Å². The molecule has 0 bridgehead atoms. The van der Waals surface area contributed by atoms with Crippen LogP contribution < -0.4 is 10.6 Å². The second kappa shape index (κ2) is 4.94. The molecule has 2 fully saturated rings. The summed E-state index contributed by atoms with van der Waals surface area (Å²) in [6, 6.07) is 1.22. The maximum atomic E-state index is 11.5. The van der Waals surface area contributed by atoms with Crippen LogP contribution in [0, 0.1) is 0 Å². The van der Waals surface area contributed by atoms with Gasteiger partial charge in [-0.3, -0.25) is 9.69 Å². The van der Waals surface area contributed by atoms with Crippen molar-refractivity contribution in [2.45, 2.75) is 38.3 Å². The molecule has 2 rings (SSSR count). The van der Waals surface area contributed by atoms with Gasteiger partial charge in [0, 0.05) is 25.2 Å². The third kappa shape index (κ3) is 3.18. The fourth-order valence-corrected chi connectivity index (χ4v) is 2.19. The van der Waals surface area contributed by atoms with Crippen molar-refractivity contribution in [1.82, 2.24) is 15.5 Å². The number of likely N-dealkylation sites (tertiary alicyclic amines) is 1. The van der Waals surface area contributed by atoms with Crippen molar-refractivity contribution in [3.63, 3.8) is 0 Å². The summed E-state index contributed by atoms with van der Waals surface area (Å²) in [4.78, 5) is 14.0. The topological polar surface area (TPSA) is 44.4 Å². The number of carbonyl (C=O) groups is 1. The van der Waals surface area contributed by atoms with E-state index < -0.39 is 0 Å². The van der Waals surface area contributed by atoms with Gasteiger partial charge in [0.05, 0.1) is 6.54 Å². The lowest BCUT2D eigenvalue weighted by Crippen LogP contribution is -2.41. The second-order valence-electron chi connectivity index (χ2n) is 4.56. The molecule has 1 heterocycles. The third-order valence-corrected chi connectivity index (χ3v) is 3.18. The minimum atomic E-state index is 0.138. The highest BCUT2D eigenvalue weighted by molar-refractivity contribution is 5.78. The lowest BCUT2D eigenvalue weighted by atomic mass is 10.2. The van der Waals surface area contributed by atoms with Gasteiger partial charge in [-0.1, -0.05) is 6.92 Å². The van der Waals surface area contributed by atoms with Gasteiger partial charge in [0.15, 0.2) is 0 Å². The molecular formula is C11H21N3O. The molecule has 4 nitrogen and oxygen atoms in total. The molecule has 15 heavy (non-hydrogen) atoms. The lowest BCUT2D eigenvalue weighted by Gasteiger charge is -2.15. The summed E-state index contributed by atoms with van der Waals surface area (Å²) in [5, 5.41) is 6.13. The number of carbonyl (C=O) groups excluding carboxylic acids is 1. The van der Waals surface area contributed by atoms with Gasteiger partial charge in [0.1, 0.15) is 0 Å². The number of amides is 1. The van der Waals surface area contributed by atoms with Crippen molar-refractivity contribution >= 4 is 5.91 Å². The van der Waals surface area contributed by atoms with Crippen molar-refractivity contribution in [2.75, 3.05) is 26.2 Å². The van der Waals surface area contributed by atoms with E-state index >= 15 is 0 Å². The largest absolute Gasteiger partial charge is 0.351 e. The van der Waals surface area contributed by atoms with Crippen LogP contribution in [0.2, 0.25) is 0 Å². The second-order valence-corrected chi connectivity index (χ2v) is 4.56. The summed E-state index contributed by atoms with van der Waals surface area (Å²) >= 11 is 0. The van der Waals surface area contributed by atoms with Gasteiger partial charge in [-0.2, -0.15) is 0 Å². The summed E-state index contributed by atoms with van der Waals surface area (Å²) in [6.07, 6.45) is 3.84. The third-order valence-electron chi connectivity index (χ3n) is 3.18. The maximum absolute atomic E-state index is 11.5. The lowest BCUT2D eigenvalue weighted by molar-refractivity contribution is -0.120. The smallest absolute Gasteiger partial charge is 0.234 e. The zero-order chi connectivity index (χ0) is 10.7.